The molecular formula is C5H10O5. The molecule has 0 saturated carbocycles. The quantitative estimate of drug-likeness (QED) is 0.304. The number of rotatable bonds is 0. The molecular weight excluding hydrogens is 140 g/mol. The lowest BCUT2D eigenvalue weighted by atomic mass is 10.1. The number of aliphatic hydroxyl groups is 4. The van der Waals surface area contributed by atoms with Gasteiger partial charge in [0, 0.05) is 0 Å². The van der Waals surface area contributed by atoms with Crippen LogP contribution in [0, 0.1) is 0 Å². The molecule has 1 saturated heterocycles. The largest absolute Gasteiger partial charge is 0.388 e. The highest BCUT2D eigenvalue weighted by molar-refractivity contribution is 4.81. The first-order chi connectivity index (χ1) is 4.63. The van der Waals surface area contributed by atoms with Crippen LogP contribution in [0.2, 0.25) is 0 Å². The summed E-state index contributed by atoms with van der Waals surface area (Å²) in [5.41, 5.74) is 0. The first-order valence-electron chi connectivity index (χ1n) is 2.97. The molecule has 0 aromatic carbocycles. The average molecular weight is 150 g/mol. The van der Waals surface area contributed by atoms with E-state index in [1.54, 1.807) is 0 Å². The highest BCUT2D eigenvalue weighted by Crippen LogP contribution is 2.12. The molecule has 1 aliphatic rings. The molecule has 1 heterocycles. The van der Waals surface area contributed by atoms with E-state index in [2.05, 4.69) is 4.74 Å². The zero-order valence-corrected chi connectivity index (χ0v) is 5.21. The summed E-state index contributed by atoms with van der Waals surface area (Å²) in [6.45, 7) is -0.153. The maximum Gasteiger partial charge on any atom is 0.183 e. The van der Waals surface area contributed by atoms with Crippen LogP contribution in [0.4, 0.5) is 0 Å². The average Bonchev–Trinajstić information content (AvgIpc) is 1.93. The van der Waals surface area contributed by atoms with Gasteiger partial charge in [-0.3, -0.25) is 0 Å². The molecule has 1 rings (SSSR count). The van der Waals surface area contributed by atoms with Gasteiger partial charge in [0.2, 0.25) is 0 Å². The summed E-state index contributed by atoms with van der Waals surface area (Å²) in [5, 5.41) is 35.3. The Labute approximate surface area is 57.5 Å². The van der Waals surface area contributed by atoms with E-state index in [-0.39, 0.29) is 6.61 Å². The molecule has 0 spiro atoms. The molecule has 1 fully saturated rings. The molecule has 0 amide bonds. The van der Waals surface area contributed by atoms with Crippen LogP contribution in [0.15, 0.2) is 0 Å². The molecule has 4 N–H and O–H groups in total. The highest BCUT2D eigenvalue weighted by Gasteiger charge is 2.36. The van der Waals surface area contributed by atoms with E-state index in [0.717, 1.165) is 0 Å². The Morgan fingerprint density at radius 2 is 1.60 bits per heavy atom. The molecule has 0 bridgehead atoms. The van der Waals surface area contributed by atoms with E-state index in [1.165, 1.54) is 0 Å². The summed E-state index contributed by atoms with van der Waals surface area (Å²) in [7, 11) is 0. The minimum Gasteiger partial charge on any atom is -0.388 e. The van der Waals surface area contributed by atoms with E-state index in [9.17, 15) is 0 Å². The molecule has 0 aliphatic carbocycles. The Hall–Kier alpha value is -0.200. The normalized spacial score (nSPS) is 49.2. The van der Waals surface area contributed by atoms with E-state index < -0.39 is 24.6 Å². The van der Waals surface area contributed by atoms with Crippen molar-refractivity contribution in [1.82, 2.24) is 0 Å². The molecule has 0 radical (unpaired) electrons. The van der Waals surface area contributed by atoms with Gasteiger partial charge in [-0.2, -0.15) is 0 Å². The van der Waals surface area contributed by atoms with Crippen LogP contribution in [0.3, 0.4) is 0 Å². The van der Waals surface area contributed by atoms with Crippen molar-refractivity contribution in [2.45, 2.75) is 24.6 Å². The summed E-state index contributed by atoms with van der Waals surface area (Å²) >= 11 is 0. The van der Waals surface area contributed by atoms with Crippen molar-refractivity contribution in [3.63, 3.8) is 0 Å². The van der Waals surface area contributed by atoms with Crippen molar-refractivity contribution in [1.29, 1.82) is 0 Å². The molecule has 10 heavy (non-hydrogen) atoms. The Bertz CT molecular complexity index is 103. The van der Waals surface area contributed by atoms with Gasteiger partial charge in [0.1, 0.15) is 18.3 Å². The number of aliphatic hydroxyl groups excluding tert-OH is 4. The van der Waals surface area contributed by atoms with E-state index in [0.29, 0.717) is 0 Å². The first-order valence-corrected chi connectivity index (χ1v) is 2.97. The Balaban J connectivity index is 2.52. The van der Waals surface area contributed by atoms with Gasteiger partial charge in [-0.05, 0) is 0 Å². The minimum atomic E-state index is -1.41. The Morgan fingerprint density at radius 1 is 1.00 bits per heavy atom. The highest BCUT2D eigenvalue weighted by atomic mass is 16.6. The summed E-state index contributed by atoms with van der Waals surface area (Å²) < 4.78 is 4.47. The molecule has 0 aromatic rings. The SMILES string of the molecule is OC1CO[C@H](O)[C@H](O)[C@H]1O. The number of hydrogen-bond acceptors (Lipinski definition) is 5. The minimum absolute atomic E-state index is 0.153. The van der Waals surface area contributed by atoms with Crippen LogP contribution in [0.1, 0.15) is 0 Å². The molecule has 60 valence electrons. The van der Waals surface area contributed by atoms with Crippen LogP contribution in [0.5, 0.6) is 0 Å². The summed E-state index contributed by atoms with van der Waals surface area (Å²) in [4.78, 5) is 0. The topological polar surface area (TPSA) is 90.2 Å². The fraction of sp³-hybridized carbons (Fsp3) is 1.00. The molecule has 0 aromatic heterocycles. The summed E-state index contributed by atoms with van der Waals surface area (Å²) in [6.07, 6.45) is -5.23. The van der Waals surface area contributed by atoms with Crippen molar-refractivity contribution in [2.75, 3.05) is 6.61 Å². The monoisotopic (exact) mass is 150 g/mol. The van der Waals surface area contributed by atoms with Crippen molar-refractivity contribution in [3.8, 4) is 0 Å². The van der Waals surface area contributed by atoms with Crippen molar-refractivity contribution in [2.24, 2.45) is 0 Å². The summed E-state index contributed by atoms with van der Waals surface area (Å²) in [5.74, 6) is 0. The fourth-order valence-corrected chi connectivity index (χ4v) is 0.791. The van der Waals surface area contributed by atoms with Gasteiger partial charge in [0.25, 0.3) is 0 Å². The van der Waals surface area contributed by atoms with Gasteiger partial charge in [-0.1, -0.05) is 0 Å². The first kappa shape index (κ1) is 7.90. The zero-order chi connectivity index (χ0) is 7.72. The third-order valence-electron chi connectivity index (χ3n) is 1.47. The maximum absolute atomic E-state index is 8.88. The lowest BCUT2D eigenvalue weighted by molar-refractivity contribution is -0.252. The van der Waals surface area contributed by atoms with Crippen LogP contribution >= 0.6 is 0 Å². The second-order valence-corrected chi connectivity index (χ2v) is 2.27. The molecule has 1 aliphatic heterocycles. The second kappa shape index (κ2) is 2.81. The molecule has 1 unspecified atom stereocenters. The predicted octanol–water partition coefficient (Wildman–Crippen LogP) is -2.58. The van der Waals surface area contributed by atoms with Crippen LogP contribution < -0.4 is 0 Å². The van der Waals surface area contributed by atoms with E-state index in [1.807, 2.05) is 0 Å². The van der Waals surface area contributed by atoms with E-state index in [4.69, 9.17) is 20.4 Å². The number of ether oxygens (including phenoxy) is 1. The van der Waals surface area contributed by atoms with Crippen LogP contribution in [-0.4, -0.2) is 51.6 Å². The van der Waals surface area contributed by atoms with Crippen molar-refractivity contribution >= 4 is 0 Å². The van der Waals surface area contributed by atoms with E-state index >= 15 is 0 Å². The summed E-state index contributed by atoms with van der Waals surface area (Å²) in [6, 6.07) is 0. The standard InChI is InChI=1S/C5H10O5/c6-2-1-10-5(9)4(8)3(2)7/h2-9H,1H2/t2?,3-,4+,5-/m0/s1. The predicted molar refractivity (Wildman–Crippen MR) is 30.0 cm³/mol. The van der Waals surface area contributed by atoms with Gasteiger partial charge in [0.05, 0.1) is 6.61 Å². The smallest absolute Gasteiger partial charge is 0.183 e. The molecule has 5 heteroatoms. The van der Waals surface area contributed by atoms with Crippen molar-refractivity contribution in [3.05, 3.63) is 0 Å². The maximum atomic E-state index is 8.88. The number of hydrogen-bond donors (Lipinski definition) is 4. The Morgan fingerprint density at radius 3 is 2.10 bits per heavy atom. The van der Waals surface area contributed by atoms with Gasteiger partial charge >= 0.3 is 0 Å². The van der Waals surface area contributed by atoms with Crippen LogP contribution in [0.25, 0.3) is 0 Å². The fourth-order valence-electron chi connectivity index (χ4n) is 0.791. The lowest BCUT2D eigenvalue weighted by Gasteiger charge is -2.31. The van der Waals surface area contributed by atoms with Gasteiger partial charge in [-0.25, -0.2) is 0 Å². The second-order valence-electron chi connectivity index (χ2n) is 2.27. The molecule has 4 atom stereocenters. The lowest BCUT2D eigenvalue weighted by Crippen LogP contribution is -2.52. The Kier molecular flexibility index (Phi) is 2.22. The van der Waals surface area contributed by atoms with Crippen molar-refractivity contribution < 1.29 is 25.2 Å². The van der Waals surface area contributed by atoms with Gasteiger partial charge in [0.15, 0.2) is 6.29 Å². The molecule has 5 nitrogen and oxygen atoms in total. The third-order valence-corrected chi connectivity index (χ3v) is 1.47. The van der Waals surface area contributed by atoms with Crippen LogP contribution in [-0.2, 0) is 4.74 Å². The third kappa shape index (κ3) is 1.28. The van der Waals surface area contributed by atoms with Gasteiger partial charge < -0.3 is 25.2 Å². The zero-order valence-electron chi connectivity index (χ0n) is 5.21. The van der Waals surface area contributed by atoms with Gasteiger partial charge in [-0.15, -0.1) is 0 Å².